The lowest BCUT2D eigenvalue weighted by Gasteiger charge is -2.40. The van der Waals surface area contributed by atoms with Gasteiger partial charge in [-0.2, -0.15) is 0 Å². The molecule has 2 amide bonds. The van der Waals surface area contributed by atoms with E-state index in [1.807, 2.05) is 30.3 Å². The molecule has 2 heterocycles. The number of carbonyl (C=O) groups is 2. The minimum absolute atomic E-state index is 0.0415. The van der Waals surface area contributed by atoms with Crippen LogP contribution in [0.15, 0.2) is 30.3 Å². The van der Waals surface area contributed by atoms with Crippen LogP contribution in [0.2, 0.25) is 0 Å². The topological polar surface area (TPSA) is 40.6 Å². The van der Waals surface area contributed by atoms with Crippen LogP contribution in [-0.4, -0.2) is 35.3 Å². The maximum absolute atomic E-state index is 13.0. The van der Waals surface area contributed by atoms with E-state index >= 15 is 0 Å². The van der Waals surface area contributed by atoms with Gasteiger partial charge in [0, 0.05) is 12.6 Å². The number of likely N-dealkylation sites (tertiary alicyclic amines) is 1. The number of fused-ring (bicyclic) bond motifs is 2. The van der Waals surface area contributed by atoms with Gasteiger partial charge in [-0.15, -0.1) is 0 Å². The molecule has 2 bridgehead atoms. The van der Waals surface area contributed by atoms with Crippen molar-refractivity contribution in [2.75, 3.05) is 11.4 Å². The lowest BCUT2D eigenvalue weighted by Crippen LogP contribution is -2.45. The van der Waals surface area contributed by atoms with Crippen LogP contribution in [0.4, 0.5) is 5.69 Å². The molecule has 4 nitrogen and oxygen atoms in total. The Morgan fingerprint density at radius 3 is 2.46 bits per heavy atom. The number of carbonyl (C=O) groups excluding carboxylic acids is 2. The number of hydrogen-bond donors (Lipinski definition) is 0. The molecule has 4 rings (SSSR count). The predicted molar refractivity (Wildman–Crippen MR) is 93.6 cm³/mol. The molecule has 1 saturated carbocycles. The summed E-state index contributed by atoms with van der Waals surface area (Å²) in [5.41, 5.74) is 1.29. The average Bonchev–Trinajstić information content (AvgIpc) is 2.91. The number of para-hydroxylation sites is 1. The summed E-state index contributed by atoms with van der Waals surface area (Å²) in [5.74, 6) is -0.109. The first-order valence-corrected chi connectivity index (χ1v) is 8.96. The number of rotatable bonds is 2. The average molecular weight is 326 g/mol. The molecular formula is C20H26N2O2. The largest absolute Gasteiger partial charge is 0.288 e. The summed E-state index contributed by atoms with van der Waals surface area (Å²) in [6.07, 6.45) is 3.79. The first kappa shape index (κ1) is 15.8. The molecule has 3 fully saturated rings. The Hall–Kier alpha value is -1.68. The summed E-state index contributed by atoms with van der Waals surface area (Å²) >= 11 is 0. The second-order valence-electron chi connectivity index (χ2n) is 9.01. The van der Waals surface area contributed by atoms with Gasteiger partial charge >= 0.3 is 0 Å². The molecule has 2 saturated heterocycles. The minimum atomic E-state index is -0.279. The fraction of sp³-hybridized carbons (Fsp3) is 0.600. The molecule has 3 aliphatic rings. The van der Waals surface area contributed by atoms with Crippen LogP contribution in [-0.2, 0) is 9.59 Å². The summed E-state index contributed by atoms with van der Waals surface area (Å²) in [5, 5.41) is 0. The molecular weight excluding hydrogens is 300 g/mol. The smallest absolute Gasteiger partial charge is 0.251 e. The van der Waals surface area contributed by atoms with E-state index in [1.54, 1.807) is 0 Å². The zero-order valence-corrected chi connectivity index (χ0v) is 14.8. The zero-order chi connectivity index (χ0) is 17.1. The van der Waals surface area contributed by atoms with Gasteiger partial charge < -0.3 is 0 Å². The van der Waals surface area contributed by atoms with E-state index in [4.69, 9.17) is 0 Å². The molecule has 0 unspecified atom stereocenters. The van der Waals surface area contributed by atoms with Gasteiger partial charge in [-0.05, 0) is 42.2 Å². The highest BCUT2D eigenvalue weighted by Gasteiger charge is 2.54. The summed E-state index contributed by atoms with van der Waals surface area (Å²) in [4.78, 5) is 29.3. The van der Waals surface area contributed by atoms with E-state index in [9.17, 15) is 9.59 Å². The number of benzene rings is 1. The van der Waals surface area contributed by atoms with E-state index < -0.39 is 0 Å². The Morgan fingerprint density at radius 1 is 1.04 bits per heavy atom. The van der Waals surface area contributed by atoms with Gasteiger partial charge in [-0.1, -0.05) is 39.0 Å². The van der Waals surface area contributed by atoms with Crippen molar-refractivity contribution in [2.45, 2.75) is 58.5 Å². The van der Waals surface area contributed by atoms with Crippen molar-refractivity contribution < 1.29 is 9.59 Å². The number of anilines is 1. The maximum Gasteiger partial charge on any atom is 0.251 e. The monoisotopic (exact) mass is 326 g/mol. The van der Waals surface area contributed by atoms with Gasteiger partial charge in [0.2, 0.25) is 5.91 Å². The third-order valence-electron chi connectivity index (χ3n) is 5.99. The molecule has 4 heteroatoms. The van der Waals surface area contributed by atoms with Gasteiger partial charge in [0.15, 0.2) is 0 Å². The second-order valence-corrected chi connectivity index (χ2v) is 9.01. The number of nitrogens with zero attached hydrogens (tertiary/aromatic N) is 2. The SMILES string of the molecule is CC1(C)C[C@H]2C[C@@](C)(CN2[C@H]2CC(=O)N(c3ccccc3)C2=O)C1. The van der Waals surface area contributed by atoms with Crippen molar-refractivity contribution in [1.29, 1.82) is 0 Å². The highest BCUT2D eigenvalue weighted by molar-refractivity contribution is 6.22. The zero-order valence-electron chi connectivity index (χ0n) is 14.8. The molecule has 0 N–H and O–H groups in total. The van der Waals surface area contributed by atoms with E-state index in [0.29, 0.717) is 23.6 Å². The van der Waals surface area contributed by atoms with Crippen molar-refractivity contribution in [3.8, 4) is 0 Å². The quantitative estimate of drug-likeness (QED) is 0.784. The second kappa shape index (κ2) is 5.16. The molecule has 24 heavy (non-hydrogen) atoms. The minimum Gasteiger partial charge on any atom is -0.288 e. The Morgan fingerprint density at radius 2 is 1.75 bits per heavy atom. The van der Waals surface area contributed by atoms with E-state index in [-0.39, 0.29) is 23.3 Å². The highest BCUT2D eigenvalue weighted by Crippen LogP contribution is 2.53. The molecule has 3 atom stereocenters. The molecule has 0 spiro atoms. The third-order valence-corrected chi connectivity index (χ3v) is 5.99. The maximum atomic E-state index is 13.0. The first-order valence-electron chi connectivity index (χ1n) is 8.96. The van der Waals surface area contributed by atoms with Crippen LogP contribution in [0.3, 0.4) is 0 Å². The van der Waals surface area contributed by atoms with E-state index in [0.717, 1.165) is 19.4 Å². The van der Waals surface area contributed by atoms with Gasteiger partial charge in [0.1, 0.15) is 0 Å². The fourth-order valence-electron chi connectivity index (χ4n) is 5.59. The van der Waals surface area contributed by atoms with E-state index in [2.05, 4.69) is 25.7 Å². The van der Waals surface area contributed by atoms with Crippen LogP contribution in [0.25, 0.3) is 0 Å². The van der Waals surface area contributed by atoms with Gasteiger partial charge in [0.05, 0.1) is 18.2 Å². The molecule has 1 aliphatic carbocycles. The van der Waals surface area contributed by atoms with Gasteiger partial charge in [-0.3, -0.25) is 14.5 Å². The van der Waals surface area contributed by atoms with E-state index in [1.165, 1.54) is 11.3 Å². The Bertz CT molecular complexity index is 684. The predicted octanol–water partition coefficient (Wildman–Crippen LogP) is 3.22. The van der Waals surface area contributed by atoms with Crippen LogP contribution >= 0.6 is 0 Å². The number of hydrogen-bond acceptors (Lipinski definition) is 3. The van der Waals surface area contributed by atoms with Crippen molar-refractivity contribution in [1.82, 2.24) is 4.90 Å². The lowest BCUT2D eigenvalue weighted by atomic mass is 9.65. The van der Waals surface area contributed by atoms with Crippen LogP contribution in [0.1, 0.15) is 46.5 Å². The van der Waals surface area contributed by atoms with Gasteiger partial charge in [0.25, 0.3) is 5.91 Å². The molecule has 1 aromatic carbocycles. The van der Waals surface area contributed by atoms with Crippen LogP contribution < -0.4 is 4.90 Å². The van der Waals surface area contributed by atoms with Gasteiger partial charge in [-0.25, -0.2) is 4.90 Å². The van der Waals surface area contributed by atoms with Crippen molar-refractivity contribution >= 4 is 17.5 Å². The van der Waals surface area contributed by atoms with Crippen molar-refractivity contribution in [3.63, 3.8) is 0 Å². The molecule has 2 aliphatic heterocycles. The summed E-state index contributed by atoms with van der Waals surface area (Å²) in [7, 11) is 0. The third kappa shape index (κ3) is 2.48. The van der Waals surface area contributed by atoms with Crippen molar-refractivity contribution in [2.24, 2.45) is 10.8 Å². The lowest BCUT2D eigenvalue weighted by molar-refractivity contribution is -0.123. The van der Waals surface area contributed by atoms with Crippen LogP contribution in [0.5, 0.6) is 0 Å². The molecule has 1 aromatic rings. The normalized spacial score (nSPS) is 35.7. The standard InChI is InChI=1S/C20H26N2O2/c1-19(2)10-15-11-20(3,12-19)13-21(15)16-9-17(23)22(18(16)24)14-7-5-4-6-8-14/h4-8,15-16H,9-13H2,1-3H3/t15-,16-,20+/m0/s1. The van der Waals surface area contributed by atoms with Crippen molar-refractivity contribution in [3.05, 3.63) is 30.3 Å². The molecule has 0 aromatic heterocycles. The fourth-order valence-corrected chi connectivity index (χ4v) is 5.59. The number of amides is 2. The van der Waals surface area contributed by atoms with Crippen LogP contribution in [0, 0.1) is 10.8 Å². The molecule has 0 radical (unpaired) electrons. The Labute approximate surface area is 143 Å². The molecule has 128 valence electrons. The summed E-state index contributed by atoms with van der Waals surface area (Å²) < 4.78 is 0. The Kier molecular flexibility index (Phi) is 3.40. The summed E-state index contributed by atoms with van der Waals surface area (Å²) in [6.45, 7) is 7.95. The first-order chi connectivity index (χ1) is 11.3. The number of imide groups is 1. The summed E-state index contributed by atoms with van der Waals surface area (Å²) in [6, 6.07) is 9.47. The Balaban J connectivity index is 1.60. The highest BCUT2D eigenvalue weighted by atomic mass is 16.2.